The number of rotatable bonds is 2. The van der Waals surface area contributed by atoms with Crippen LogP contribution in [0.5, 0.6) is 0 Å². The minimum atomic E-state index is 0.529. The Hall–Kier alpha value is -2.14. The van der Waals surface area contributed by atoms with E-state index in [0.717, 1.165) is 16.8 Å². The second-order valence-electron chi connectivity index (χ2n) is 5.01. The molecule has 0 spiro atoms. The first kappa shape index (κ1) is 11.7. The van der Waals surface area contributed by atoms with E-state index in [0.29, 0.717) is 5.82 Å². The molecule has 3 heterocycles. The number of nitrogens with two attached hydrogens (primary N) is 1. The lowest BCUT2D eigenvalue weighted by atomic mass is 10.1. The van der Waals surface area contributed by atoms with E-state index in [-0.39, 0.29) is 0 Å². The van der Waals surface area contributed by atoms with Crippen LogP contribution in [0.2, 0.25) is 0 Å². The number of nitrogens with one attached hydrogen (secondary N) is 1. The van der Waals surface area contributed by atoms with E-state index >= 15 is 0 Å². The van der Waals surface area contributed by atoms with Crippen LogP contribution in [-0.4, -0.2) is 15.2 Å². The lowest BCUT2D eigenvalue weighted by molar-refractivity contribution is 0.915. The van der Waals surface area contributed by atoms with Crippen molar-refractivity contribution in [2.45, 2.75) is 19.3 Å². The lowest BCUT2D eigenvalue weighted by Gasteiger charge is -2.02. The molecule has 3 aromatic rings. The van der Waals surface area contributed by atoms with E-state index in [2.05, 4.69) is 21.2 Å². The highest BCUT2D eigenvalue weighted by molar-refractivity contribution is 7.15. The van der Waals surface area contributed by atoms with E-state index in [4.69, 9.17) is 5.73 Å². The number of hydrogen-bond donors (Lipinski definition) is 2. The lowest BCUT2D eigenvalue weighted by Crippen LogP contribution is -1.88. The van der Waals surface area contributed by atoms with Crippen molar-refractivity contribution in [2.75, 3.05) is 5.73 Å². The summed E-state index contributed by atoms with van der Waals surface area (Å²) in [7, 11) is 0. The maximum atomic E-state index is 6.04. The molecule has 0 unspecified atom stereocenters. The third-order valence-electron chi connectivity index (χ3n) is 3.74. The fraction of sp³-hybridized carbons (Fsp3) is 0.200. The number of thiophene rings is 1. The molecule has 4 nitrogen and oxygen atoms in total. The molecule has 20 heavy (non-hydrogen) atoms. The summed E-state index contributed by atoms with van der Waals surface area (Å²) in [5, 5.41) is 7.27. The highest BCUT2D eigenvalue weighted by atomic mass is 32.1. The summed E-state index contributed by atoms with van der Waals surface area (Å²) in [6.07, 6.45) is 7.26. The van der Waals surface area contributed by atoms with Gasteiger partial charge in [0.2, 0.25) is 0 Å². The van der Waals surface area contributed by atoms with Crippen LogP contribution < -0.4 is 5.73 Å². The van der Waals surface area contributed by atoms with Crippen LogP contribution in [-0.2, 0) is 12.8 Å². The van der Waals surface area contributed by atoms with E-state index in [1.54, 1.807) is 6.20 Å². The summed E-state index contributed by atoms with van der Waals surface area (Å²) in [5.74, 6) is 0.529. The largest absolute Gasteiger partial charge is 0.382 e. The Balaban J connectivity index is 1.87. The number of aromatic amines is 1. The van der Waals surface area contributed by atoms with Gasteiger partial charge in [0.25, 0.3) is 0 Å². The van der Waals surface area contributed by atoms with Crippen LogP contribution in [0.15, 0.2) is 30.6 Å². The van der Waals surface area contributed by atoms with Crippen molar-refractivity contribution < 1.29 is 0 Å². The van der Waals surface area contributed by atoms with Gasteiger partial charge in [-0.05, 0) is 37.0 Å². The van der Waals surface area contributed by atoms with Crippen molar-refractivity contribution in [1.29, 1.82) is 0 Å². The Morgan fingerprint density at radius 1 is 1.30 bits per heavy atom. The Morgan fingerprint density at radius 2 is 2.25 bits per heavy atom. The SMILES string of the molecule is Nc1n[nH]c(-c2cc3c(s2)CCC3)c1-c1cccnc1. The van der Waals surface area contributed by atoms with Gasteiger partial charge in [-0.1, -0.05) is 6.07 Å². The number of aromatic nitrogens is 3. The summed E-state index contributed by atoms with van der Waals surface area (Å²) >= 11 is 1.85. The molecule has 0 saturated carbocycles. The maximum Gasteiger partial charge on any atom is 0.153 e. The van der Waals surface area contributed by atoms with Crippen LogP contribution in [0, 0.1) is 0 Å². The number of pyridine rings is 1. The molecule has 0 saturated heterocycles. The minimum Gasteiger partial charge on any atom is -0.382 e. The zero-order valence-corrected chi connectivity index (χ0v) is 11.7. The van der Waals surface area contributed by atoms with Gasteiger partial charge >= 0.3 is 0 Å². The normalized spacial score (nSPS) is 13.6. The molecule has 0 aromatic carbocycles. The molecule has 1 aliphatic rings. The van der Waals surface area contributed by atoms with Gasteiger partial charge in [-0.3, -0.25) is 10.1 Å². The third-order valence-corrected chi connectivity index (χ3v) is 4.99. The number of nitrogen functional groups attached to an aromatic ring is 1. The van der Waals surface area contributed by atoms with Gasteiger partial charge in [0.1, 0.15) is 0 Å². The first-order chi connectivity index (χ1) is 9.83. The average Bonchev–Trinajstić information content (AvgIpc) is 3.12. The zero-order chi connectivity index (χ0) is 13.5. The predicted octanol–water partition coefficient (Wildman–Crippen LogP) is 3.27. The first-order valence-corrected chi connectivity index (χ1v) is 7.51. The van der Waals surface area contributed by atoms with Crippen LogP contribution in [0.25, 0.3) is 21.7 Å². The Labute approximate surface area is 120 Å². The van der Waals surface area contributed by atoms with Crippen LogP contribution >= 0.6 is 11.3 Å². The summed E-state index contributed by atoms with van der Waals surface area (Å²) < 4.78 is 0. The molecular weight excluding hydrogens is 268 g/mol. The number of aryl methyl sites for hydroxylation is 2. The fourth-order valence-electron chi connectivity index (χ4n) is 2.79. The van der Waals surface area contributed by atoms with E-state index in [1.807, 2.05) is 29.7 Å². The molecule has 1 aliphatic carbocycles. The topological polar surface area (TPSA) is 67.6 Å². The van der Waals surface area contributed by atoms with E-state index in [1.165, 1.54) is 34.6 Å². The van der Waals surface area contributed by atoms with Crippen molar-refractivity contribution in [3.05, 3.63) is 41.0 Å². The van der Waals surface area contributed by atoms with Gasteiger partial charge in [0.05, 0.1) is 16.1 Å². The highest BCUT2D eigenvalue weighted by Crippen LogP contribution is 2.41. The molecule has 0 bridgehead atoms. The van der Waals surface area contributed by atoms with E-state index < -0.39 is 0 Å². The number of nitrogens with zero attached hydrogens (tertiary/aromatic N) is 2. The van der Waals surface area contributed by atoms with Gasteiger partial charge in [-0.2, -0.15) is 5.10 Å². The van der Waals surface area contributed by atoms with Gasteiger partial charge < -0.3 is 5.73 Å². The molecule has 3 N–H and O–H groups in total. The van der Waals surface area contributed by atoms with Crippen molar-refractivity contribution in [1.82, 2.24) is 15.2 Å². The Bertz CT molecular complexity index is 736. The van der Waals surface area contributed by atoms with Gasteiger partial charge in [-0.15, -0.1) is 11.3 Å². The summed E-state index contributed by atoms with van der Waals surface area (Å²) in [6, 6.07) is 6.21. The smallest absolute Gasteiger partial charge is 0.153 e. The second-order valence-corrected chi connectivity index (χ2v) is 6.15. The molecule has 0 amide bonds. The summed E-state index contributed by atoms with van der Waals surface area (Å²) in [6.45, 7) is 0. The van der Waals surface area contributed by atoms with Crippen LogP contribution in [0.3, 0.4) is 0 Å². The van der Waals surface area contributed by atoms with Gasteiger partial charge in [-0.25, -0.2) is 0 Å². The second kappa shape index (κ2) is 4.45. The Kier molecular flexibility index (Phi) is 2.60. The Morgan fingerprint density at radius 3 is 3.05 bits per heavy atom. The molecule has 0 atom stereocenters. The highest BCUT2D eigenvalue weighted by Gasteiger charge is 2.20. The van der Waals surface area contributed by atoms with Crippen molar-refractivity contribution in [2.24, 2.45) is 0 Å². The molecule has 0 aliphatic heterocycles. The first-order valence-electron chi connectivity index (χ1n) is 6.69. The number of hydrogen-bond acceptors (Lipinski definition) is 4. The molecule has 4 rings (SSSR count). The molecular formula is C15H14N4S. The van der Waals surface area contributed by atoms with Crippen LogP contribution in [0.1, 0.15) is 16.9 Å². The minimum absolute atomic E-state index is 0.529. The van der Waals surface area contributed by atoms with Gasteiger partial charge in [0.15, 0.2) is 5.82 Å². The van der Waals surface area contributed by atoms with Crippen molar-refractivity contribution in [3.63, 3.8) is 0 Å². The average molecular weight is 282 g/mol. The molecule has 100 valence electrons. The predicted molar refractivity (Wildman–Crippen MR) is 81.6 cm³/mol. The molecule has 5 heteroatoms. The number of fused-ring (bicyclic) bond motifs is 1. The fourth-order valence-corrected chi connectivity index (χ4v) is 4.04. The molecule has 0 radical (unpaired) electrons. The van der Waals surface area contributed by atoms with Crippen molar-refractivity contribution >= 4 is 17.2 Å². The number of anilines is 1. The zero-order valence-electron chi connectivity index (χ0n) is 10.9. The van der Waals surface area contributed by atoms with Crippen molar-refractivity contribution in [3.8, 4) is 21.7 Å². The maximum absolute atomic E-state index is 6.04. The molecule has 3 aromatic heterocycles. The standard InChI is InChI=1S/C15H14N4S/c16-15-13(10-4-2-6-17-8-10)14(18-19-15)12-7-9-3-1-5-11(9)20-12/h2,4,6-8H,1,3,5H2,(H3,16,18,19). The number of H-pyrrole nitrogens is 1. The summed E-state index contributed by atoms with van der Waals surface area (Å²) in [4.78, 5) is 6.90. The monoisotopic (exact) mass is 282 g/mol. The van der Waals surface area contributed by atoms with Crippen LogP contribution in [0.4, 0.5) is 5.82 Å². The molecule has 0 fully saturated rings. The third kappa shape index (κ3) is 1.74. The quantitative estimate of drug-likeness (QED) is 0.758. The van der Waals surface area contributed by atoms with Gasteiger partial charge in [0, 0.05) is 22.8 Å². The van der Waals surface area contributed by atoms with E-state index in [9.17, 15) is 0 Å². The summed E-state index contributed by atoms with van der Waals surface area (Å²) in [5.41, 5.74) is 10.5.